The first kappa shape index (κ1) is 16.5. The minimum atomic E-state index is -0.240. The van der Waals surface area contributed by atoms with Crippen LogP contribution in [0.5, 0.6) is 0 Å². The molecule has 4 nitrogen and oxygen atoms in total. The summed E-state index contributed by atoms with van der Waals surface area (Å²) in [5, 5.41) is 11.5. The van der Waals surface area contributed by atoms with Gasteiger partial charge >= 0.3 is 5.97 Å². The number of hydrogen-bond acceptors (Lipinski definition) is 5. The van der Waals surface area contributed by atoms with Gasteiger partial charge in [-0.05, 0) is 13.8 Å². The molecule has 2 aromatic carbocycles. The molecule has 3 rings (SSSR count). The normalized spacial score (nSPS) is 10.8. The predicted molar refractivity (Wildman–Crippen MR) is 97.1 cm³/mol. The van der Waals surface area contributed by atoms with Crippen molar-refractivity contribution in [3.8, 4) is 11.3 Å². The monoisotopic (exact) mass is 338 g/mol. The largest absolute Gasteiger partial charge is 0.465 e. The molecule has 3 aromatic rings. The maximum absolute atomic E-state index is 11.6. The van der Waals surface area contributed by atoms with Crippen molar-refractivity contribution < 1.29 is 9.53 Å². The van der Waals surface area contributed by atoms with Crippen molar-refractivity contribution in [2.45, 2.75) is 18.9 Å². The van der Waals surface area contributed by atoms with Crippen LogP contribution in [0.15, 0.2) is 53.6 Å². The predicted octanol–water partition coefficient (Wildman–Crippen LogP) is 4.26. The van der Waals surface area contributed by atoms with Crippen LogP contribution < -0.4 is 0 Å². The molecule has 0 amide bonds. The highest BCUT2D eigenvalue weighted by atomic mass is 32.2. The molecule has 24 heavy (non-hydrogen) atoms. The van der Waals surface area contributed by atoms with Crippen LogP contribution in [0, 0.1) is 6.92 Å². The SMILES string of the molecule is CCOC(=O)CSc1nnc(-c2ccc(C)cc2)c2ccccc12. The minimum absolute atomic E-state index is 0.233. The number of benzene rings is 2. The number of aromatic nitrogens is 2. The Bertz CT molecular complexity index is 863. The first-order chi connectivity index (χ1) is 11.7. The Morgan fingerprint density at radius 2 is 1.75 bits per heavy atom. The number of aryl methyl sites for hydroxylation is 1. The molecule has 0 aliphatic rings. The third kappa shape index (κ3) is 3.57. The molecule has 0 saturated heterocycles. The van der Waals surface area contributed by atoms with Gasteiger partial charge in [-0.1, -0.05) is 65.9 Å². The molecule has 0 unspecified atom stereocenters. The van der Waals surface area contributed by atoms with E-state index in [0.717, 1.165) is 27.1 Å². The number of carbonyl (C=O) groups is 1. The molecule has 0 spiro atoms. The molecule has 0 atom stereocenters. The molecule has 0 saturated carbocycles. The van der Waals surface area contributed by atoms with Crippen molar-refractivity contribution in [1.82, 2.24) is 10.2 Å². The maximum Gasteiger partial charge on any atom is 0.316 e. The first-order valence-corrected chi connectivity index (χ1v) is 8.78. The van der Waals surface area contributed by atoms with E-state index < -0.39 is 0 Å². The van der Waals surface area contributed by atoms with Gasteiger partial charge in [-0.15, -0.1) is 10.2 Å². The van der Waals surface area contributed by atoms with Crippen LogP contribution in [0.25, 0.3) is 22.0 Å². The minimum Gasteiger partial charge on any atom is -0.465 e. The molecule has 5 heteroatoms. The number of ether oxygens (including phenoxy) is 1. The molecule has 122 valence electrons. The van der Waals surface area contributed by atoms with Gasteiger partial charge in [0.05, 0.1) is 12.4 Å². The summed E-state index contributed by atoms with van der Waals surface area (Å²) in [5.74, 6) is -0.00729. The molecule has 1 aromatic heterocycles. The van der Waals surface area contributed by atoms with Crippen LogP contribution in [0.2, 0.25) is 0 Å². The van der Waals surface area contributed by atoms with Crippen molar-refractivity contribution in [3.05, 3.63) is 54.1 Å². The summed E-state index contributed by atoms with van der Waals surface area (Å²) in [5.41, 5.74) is 3.09. The number of esters is 1. The van der Waals surface area contributed by atoms with Gasteiger partial charge in [0.25, 0.3) is 0 Å². The molecule has 0 aliphatic carbocycles. The van der Waals surface area contributed by atoms with Gasteiger partial charge < -0.3 is 4.74 Å². The van der Waals surface area contributed by atoms with E-state index in [0.29, 0.717) is 6.61 Å². The topological polar surface area (TPSA) is 52.1 Å². The highest BCUT2D eigenvalue weighted by Gasteiger charge is 2.12. The van der Waals surface area contributed by atoms with E-state index in [4.69, 9.17) is 4.74 Å². The summed E-state index contributed by atoms with van der Waals surface area (Å²) in [6.45, 7) is 4.25. The van der Waals surface area contributed by atoms with E-state index in [1.807, 2.05) is 24.3 Å². The van der Waals surface area contributed by atoms with Crippen LogP contribution in [0.4, 0.5) is 0 Å². The lowest BCUT2D eigenvalue weighted by molar-refractivity contribution is -0.139. The fourth-order valence-corrected chi connectivity index (χ4v) is 3.21. The van der Waals surface area contributed by atoms with E-state index in [-0.39, 0.29) is 11.7 Å². The first-order valence-electron chi connectivity index (χ1n) is 7.80. The summed E-state index contributed by atoms with van der Waals surface area (Å²) in [6, 6.07) is 16.2. The Morgan fingerprint density at radius 3 is 2.46 bits per heavy atom. The Kier molecular flexibility index (Phi) is 5.11. The molecular weight excluding hydrogens is 320 g/mol. The molecule has 0 fully saturated rings. The van der Waals surface area contributed by atoms with Gasteiger partial charge in [0, 0.05) is 16.3 Å². The second-order valence-corrected chi connectivity index (χ2v) is 6.32. The van der Waals surface area contributed by atoms with Crippen LogP contribution in [-0.4, -0.2) is 28.5 Å². The highest BCUT2D eigenvalue weighted by Crippen LogP contribution is 2.31. The van der Waals surface area contributed by atoms with Gasteiger partial charge in [-0.3, -0.25) is 4.79 Å². The van der Waals surface area contributed by atoms with Crippen LogP contribution >= 0.6 is 11.8 Å². The van der Waals surface area contributed by atoms with Crippen LogP contribution in [0.3, 0.4) is 0 Å². The second-order valence-electron chi connectivity index (χ2n) is 5.36. The summed E-state index contributed by atoms with van der Waals surface area (Å²) in [6.07, 6.45) is 0. The summed E-state index contributed by atoms with van der Waals surface area (Å²) < 4.78 is 4.97. The Hall–Kier alpha value is -2.40. The molecule has 0 bridgehead atoms. The zero-order valence-electron chi connectivity index (χ0n) is 13.7. The zero-order valence-corrected chi connectivity index (χ0v) is 14.5. The quantitative estimate of drug-likeness (QED) is 0.514. The van der Waals surface area contributed by atoms with E-state index in [2.05, 4.69) is 41.4 Å². The van der Waals surface area contributed by atoms with Crippen molar-refractivity contribution in [3.63, 3.8) is 0 Å². The number of rotatable bonds is 5. The van der Waals surface area contributed by atoms with E-state index in [1.165, 1.54) is 17.3 Å². The number of hydrogen-bond donors (Lipinski definition) is 0. The van der Waals surface area contributed by atoms with Gasteiger partial charge in [0.15, 0.2) is 0 Å². The van der Waals surface area contributed by atoms with Gasteiger partial charge in [0.2, 0.25) is 0 Å². The molecular formula is C19H18N2O2S. The number of nitrogens with zero attached hydrogens (tertiary/aromatic N) is 2. The molecule has 1 heterocycles. The maximum atomic E-state index is 11.6. The Morgan fingerprint density at radius 1 is 1.04 bits per heavy atom. The standard InChI is InChI=1S/C19H18N2O2S/c1-3-23-17(22)12-24-19-16-7-5-4-6-15(16)18(20-21-19)14-10-8-13(2)9-11-14/h4-11H,3,12H2,1-2H3. The third-order valence-corrected chi connectivity index (χ3v) is 4.57. The van der Waals surface area contributed by atoms with Crippen LogP contribution in [-0.2, 0) is 9.53 Å². The molecule has 0 radical (unpaired) electrons. The van der Waals surface area contributed by atoms with E-state index in [1.54, 1.807) is 6.92 Å². The van der Waals surface area contributed by atoms with Crippen molar-refractivity contribution in [2.75, 3.05) is 12.4 Å². The van der Waals surface area contributed by atoms with Crippen molar-refractivity contribution in [1.29, 1.82) is 0 Å². The fourth-order valence-electron chi connectivity index (χ4n) is 2.44. The lowest BCUT2D eigenvalue weighted by Crippen LogP contribution is -2.07. The van der Waals surface area contributed by atoms with Crippen molar-refractivity contribution in [2.24, 2.45) is 0 Å². The van der Waals surface area contributed by atoms with Gasteiger partial charge in [-0.25, -0.2) is 0 Å². The Labute approximate surface area is 145 Å². The van der Waals surface area contributed by atoms with E-state index in [9.17, 15) is 4.79 Å². The van der Waals surface area contributed by atoms with E-state index >= 15 is 0 Å². The average Bonchev–Trinajstić information content (AvgIpc) is 2.61. The summed E-state index contributed by atoms with van der Waals surface area (Å²) in [7, 11) is 0. The smallest absolute Gasteiger partial charge is 0.316 e. The second kappa shape index (κ2) is 7.45. The molecule has 0 aliphatic heterocycles. The van der Waals surface area contributed by atoms with Gasteiger partial charge in [0.1, 0.15) is 10.7 Å². The number of thioether (sulfide) groups is 1. The Balaban J connectivity index is 1.98. The lowest BCUT2D eigenvalue weighted by atomic mass is 10.0. The number of carbonyl (C=O) groups excluding carboxylic acids is 1. The van der Waals surface area contributed by atoms with Crippen LogP contribution in [0.1, 0.15) is 12.5 Å². The molecule has 0 N–H and O–H groups in total. The fraction of sp³-hybridized carbons (Fsp3) is 0.211. The lowest BCUT2D eigenvalue weighted by Gasteiger charge is -2.09. The van der Waals surface area contributed by atoms with Gasteiger partial charge in [-0.2, -0.15) is 0 Å². The third-order valence-electron chi connectivity index (χ3n) is 3.61. The number of fused-ring (bicyclic) bond motifs is 1. The highest BCUT2D eigenvalue weighted by molar-refractivity contribution is 8.00. The summed E-state index contributed by atoms with van der Waals surface area (Å²) >= 11 is 1.36. The average molecular weight is 338 g/mol. The summed E-state index contributed by atoms with van der Waals surface area (Å²) in [4.78, 5) is 11.6. The van der Waals surface area contributed by atoms with Crippen molar-refractivity contribution >= 4 is 28.5 Å². The zero-order chi connectivity index (χ0) is 16.9.